The van der Waals surface area contributed by atoms with Crippen molar-refractivity contribution in [3.8, 4) is 0 Å². The summed E-state index contributed by atoms with van der Waals surface area (Å²) in [6.45, 7) is 0. The molecule has 1 aromatic rings. The largest absolute Gasteiger partial charge is 0.399 e. The van der Waals surface area contributed by atoms with Crippen LogP contribution in [0.5, 0.6) is 0 Å². The first-order valence-corrected chi connectivity index (χ1v) is 6.07. The molecule has 0 saturated heterocycles. The first-order chi connectivity index (χ1) is 7.47. The molecule has 0 saturated carbocycles. The Kier molecular flexibility index (Phi) is 5.21. The average Bonchev–Trinajstić information content (AvgIpc) is 2.16. The molecule has 2 atom stereocenters. The third-order valence-corrected chi connectivity index (χ3v) is 3.07. The van der Waals surface area contributed by atoms with E-state index < -0.39 is 12.2 Å². The molecule has 2 unspecified atom stereocenters. The van der Waals surface area contributed by atoms with Gasteiger partial charge in [0.1, 0.15) is 6.10 Å². The predicted molar refractivity (Wildman–Crippen MR) is 70.3 cm³/mol. The summed E-state index contributed by atoms with van der Waals surface area (Å²) in [5.41, 5.74) is 6.25. The monoisotopic (exact) mass is 281 g/mol. The van der Waals surface area contributed by atoms with Crippen LogP contribution < -0.4 is 5.73 Å². The van der Waals surface area contributed by atoms with Crippen molar-refractivity contribution in [2.24, 2.45) is 0 Å². The van der Waals surface area contributed by atoms with Gasteiger partial charge in [-0.05, 0) is 24.3 Å². The lowest BCUT2D eigenvalue weighted by Crippen LogP contribution is -2.19. The van der Waals surface area contributed by atoms with E-state index in [0.29, 0.717) is 23.4 Å². The molecule has 6 heteroatoms. The van der Waals surface area contributed by atoms with Gasteiger partial charge in [0, 0.05) is 21.3 Å². The van der Waals surface area contributed by atoms with Crippen LogP contribution in [0.1, 0.15) is 18.1 Å². The summed E-state index contributed by atoms with van der Waals surface area (Å²) in [7, 11) is 0. The van der Waals surface area contributed by atoms with Crippen molar-refractivity contribution in [2.75, 3.05) is 11.5 Å². The molecule has 0 aliphatic carbocycles. The van der Waals surface area contributed by atoms with Gasteiger partial charge >= 0.3 is 0 Å². The van der Waals surface area contributed by atoms with Gasteiger partial charge in [-0.1, -0.05) is 23.2 Å². The summed E-state index contributed by atoms with van der Waals surface area (Å²) in [6.07, 6.45) is -1.73. The maximum Gasteiger partial charge on any atom is 0.108 e. The Balaban J connectivity index is 3.03. The zero-order chi connectivity index (χ0) is 12.3. The molecule has 0 aromatic heterocycles. The standard InChI is InChI=1S/C10H13Cl2NO2S/c11-6-3-5(13)4-7(12)9(6)10(15)8(14)1-2-16/h3-4,8,10,14-16H,1-2,13H2. The van der Waals surface area contributed by atoms with Crippen molar-refractivity contribution in [3.63, 3.8) is 0 Å². The third-order valence-electron chi connectivity index (χ3n) is 2.19. The minimum absolute atomic E-state index is 0.246. The highest BCUT2D eigenvalue weighted by atomic mass is 35.5. The van der Waals surface area contributed by atoms with E-state index >= 15 is 0 Å². The van der Waals surface area contributed by atoms with Crippen LogP contribution in [0.2, 0.25) is 10.0 Å². The zero-order valence-corrected chi connectivity index (χ0v) is 10.8. The smallest absolute Gasteiger partial charge is 0.108 e. The molecule has 3 nitrogen and oxygen atoms in total. The number of anilines is 1. The lowest BCUT2D eigenvalue weighted by Gasteiger charge is -2.20. The van der Waals surface area contributed by atoms with Crippen LogP contribution in [0.15, 0.2) is 12.1 Å². The minimum atomic E-state index is -1.13. The highest BCUT2D eigenvalue weighted by molar-refractivity contribution is 7.80. The zero-order valence-electron chi connectivity index (χ0n) is 8.40. The maximum atomic E-state index is 9.88. The molecular weight excluding hydrogens is 269 g/mol. The SMILES string of the molecule is Nc1cc(Cl)c(C(O)C(O)CCS)c(Cl)c1. The van der Waals surface area contributed by atoms with E-state index in [9.17, 15) is 10.2 Å². The van der Waals surface area contributed by atoms with Gasteiger partial charge in [-0.15, -0.1) is 0 Å². The Bertz CT molecular complexity index is 353. The number of thiol groups is 1. The van der Waals surface area contributed by atoms with Crippen LogP contribution in [-0.2, 0) is 0 Å². The minimum Gasteiger partial charge on any atom is -0.399 e. The normalized spacial score (nSPS) is 14.8. The molecule has 0 fully saturated rings. The number of benzene rings is 1. The summed E-state index contributed by atoms with van der Waals surface area (Å²) in [4.78, 5) is 0. The van der Waals surface area contributed by atoms with Gasteiger partial charge in [-0.25, -0.2) is 0 Å². The second kappa shape index (κ2) is 5.98. The van der Waals surface area contributed by atoms with E-state index in [4.69, 9.17) is 28.9 Å². The number of halogens is 2. The van der Waals surface area contributed by atoms with Crippen LogP contribution in [-0.4, -0.2) is 22.1 Å². The molecule has 0 spiro atoms. The van der Waals surface area contributed by atoms with Crippen LogP contribution >= 0.6 is 35.8 Å². The number of aliphatic hydroxyl groups is 2. The van der Waals surface area contributed by atoms with Crippen molar-refractivity contribution in [1.82, 2.24) is 0 Å². The summed E-state index contributed by atoms with van der Waals surface area (Å²) in [5, 5.41) is 20.0. The highest BCUT2D eigenvalue weighted by Crippen LogP contribution is 2.34. The third kappa shape index (κ3) is 3.18. The molecule has 1 rings (SSSR count). The van der Waals surface area contributed by atoms with Gasteiger partial charge in [0.05, 0.1) is 6.10 Å². The van der Waals surface area contributed by atoms with Crippen molar-refractivity contribution >= 4 is 41.5 Å². The fourth-order valence-corrected chi connectivity index (χ4v) is 2.36. The molecule has 0 aliphatic heterocycles. The predicted octanol–water partition coefficient (Wildman–Crippen LogP) is 2.29. The van der Waals surface area contributed by atoms with Gasteiger partial charge in [0.2, 0.25) is 0 Å². The van der Waals surface area contributed by atoms with E-state index in [1.54, 1.807) is 0 Å². The van der Waals surface area contributed by atoms with Crippen molar-refractivity contribution in [3.05, 3.63) is 27.7 Å². The summed E-state index contributed by atoms with van der Waals surface area (Å²) in [5.74, 6) is 0.461. The first kappa shape index (κ1) is 13.9. The highest BCUT2D eigenvalue weighted by Gasteiger charge is 2.23. The second-order valence-electron chi connectivity index (χ2n) is 3.42. The Hall–Kier alpha value is -0.130. The van der Waals surface area contributed by atoms with Crippen molar-refractivity contribution in [2.45, 2.75) is 18.6 Å². The number of hydrogen-bond acceptors (Lipinski definition) is 4. The number of nitrogens with two attached hydrogens (primary N) is 1. The number of aliphatic hydroxyl groups excluding tert-OH is 2. The van der Waals surface area contributed by atoms with Crippen LogP contribution in [0.4, 0.5) is 5.69 Å². The number of hydrogen-bond donors (Lipinski definition) is 4. The topological polar surface area (TPSA) is 66.5 Å². The molecule has 0 heterocycles. The van der Waals surface area contributed by atoms with Crippen LogP contribution in [0, 0.1) is 0 Å². The van der Waals surface area contributed by atoms with E-state index in [1.165, 1.54) is 12.1 Å². The number of nitrogen functional groups attached to an aromatic ring is 1. The van der Waals surface area contributed by atoms with Gasteiger partial charge in [0.15, 0.2) is 0 Å². The maximum absolute atomic E-state index is 9.88. The Labute approximate surface area is 110 Å². The Morgan fingerprint density at radius 2 is 1.75 bits per heavy atom. The van der Waals surface area contributed by atoms with Gasteiger partial charge in [0.25, 0.3) is 0 Å². The van der Waals surface area contributed by atoms with Gasteiger partial charge < -0.3 is 15.9 Å². The van der Waals surface area contributed by atoms with Crippen molar-refractivity contribution < 1.29 is 10.2 Å². The second-order valence-corrected chi connectivity index (χ2v) is 4.68. The molecule has 0 aliphatic rings. The molecule has 0 radical (unpaired) electrons. The summed E-state index contributed by atoms with van der Waals surface area (Å²) >= 11 is 15.8. The molecular formula is C10H13Cl2NO2S. The molecule has 4 N–H and O–H groups in total. The summed E-state index contributed by atoms with van der Waals surface area (Å²) < 4.78 is 0. The van der Waals surface area contributed by atoms with Crippen molar-refractivity contribution in [1.29, 1.82) is 0 Å². The van der Waals surface area contributed by atoms with Crippen LogP contribution in [0.3, 0.4) is 0 Å². The lowest BCUT2D eigenvalue weighted by atomic mass is 10.0. The molecule has 1 aromatic carbocycles. The Morgan fingerprint density at radius 1 is 1.25 bits per heavy atom. The summed E-state index contributed by atoms with van der Waals surface area (Å²) in [6, 6.07) is 2.97. The average molecular weight is 282 g/mol. The Morgan fingerprint density at radius 3 is 2.19 bits per heavy atom. The fourth-order valence-electron chi connectivity index (χ4n) is 1.37. The van der Waals surface area contributed by atoms with E-state index in [1.807, 2.05) is 0 Å². The number of rotatable bonds is 4. The lowest BCUT2D eigenvalue weighted by molar-refractivity contribution is 0.0173. The first-order valence-electron chi connectivity index (χ1n) is 4.68. The van der Waals surface area contributed by atoms with E-state index in [2.05, 4.69) is 12.6 Å². The molecule has 90 valence electrons. The van der Waals surface area contributed by atoms with E-state index in [-0.39, 0.29) is 10.0 Å². The quantitative estimate of drug-likeness (QED) is 0.506. The fraction of sp³-hybridized carbons (Fsp3) is 0.400. The van der Waals surface area contributed by atoms with Gasteiger partial charge in [-0.2, -0.15) is 12.6 Å². The molecule has 0 bridgehead atoms. The molecule has 16 heavy (non-hydrogen) atoms. The molecule has 0 amide bonds. The van der Waals surface area contributed by atoms with Crippen LogP contribution in [0.25, 0.3) is 0 Å². The van der Waals surface area contributed by atoms with Gasteiger partial charge in [-0.3, -0.25) is 0 Å². The van der Waals surface area contributed by atoms with E-state index in [0.717, 1.165) is 0 Å².